The van der Waals surface area contributed by atoms with E-state index in [0.717, 1.165) is 6.42 Å². The van der Waals surface area contributed by atoms with E-state index in [1.165, 1.54) is 66.4 Å². The van der Waals surface area contributed by atoms with Crippen molar-refractivity contribution in [3.05, 3.63) is 126 Å². The zero-order chi connectivity index (χ0) is 21.9. The maximum atomic E-state index is 2.38. The Labute approximate surface area is 193 Å². The van der Waals surface area contributed by atoms with Gasteiger partial charge in [0.05, 0.1) is 11.0 Å². The second-order valence-corrected chi connectivity index (χ2v) is 9.13. The highest BCUT2D eigenvalue weighted by atomic mass is 15.0. The zero-order valence-electron chi connectivity index (χ0n) is 18.5. The molecule has 0 atom stereocenters. The summed E-state index contributed by atoms with van der Waals surface area (Å²) in [5, 5.41) is 2.61. The average Bonchev–Trinajstić information content (AvgIpc) is 3.39. The van der Waals surface area contributed by atoms with E-state index in [9.17, 15) is 0 Å². The first kappa shape index (κ1) is 18.5. The van der Waals surface area contributed by atoms with Crippen LogP contribution in [-0.4, -0.2) is 4.57 Å². The van der Waals surface area contributed by atoms with E-state index in [0.29, 0.717) is 0 Å². The molecule has 156 valence electrons. The van der Waals surface area contributed by atoms with E-state index >= 15 is 0 Å². The summed E-state index contributed by atoms with van der Waals surface area (Å²) in [5.41, 5.74) is 13.1. The normalized spacial score (nSPS) is 12.3. The molecule has 1 aliphatic rings. The molecule has 33 heavy (non-hydrogen) atoms. The Morgan fingerprint density at radius 3 is 2.09 bits per heavy atom. The summed E-state index contributed by atoms with van der Waals surface area (Å²) < 4.78 is 2.38. The lowest BCUT2D eigenvalue weighted by Gasteiger charge is -2.09. The van der Waals surface area contributed by atoms with E-state index in [1.54, 1.807) is 0 Å². The maximum absolute atomic E-state index is 2.38. The van der Waals surface area contributed by atoms with E-state index in [4.69, 9.17) is 0 Å². The average molecular weight is 422 g/mol. The lowest BCUT2D eigenvalue weighted by Crippen LogP contribution is -1.93. The van der Waals surface area contributed by atoms with Crippen LogP contribution in [0, 0.1) is 6.92 Å². The summed E-state index contributed by atoms with van der Waals surface area (Å²) >= 11 is 0. The van der Waals surface area contributed by atoms with Crippen LogP contribution >= 0.6 is 0 Å². The predicted octanol–water partition coefficient (Wildman–Crippen LogP) is 8.33. The van der Waals surface area contributed by atoms with Crippen molar-refractivity contribution in [1.82, 2.24) is 4.57 Å². The fourth-order valence-corrected chi connectivity index (χ4v) is 5.48. The molecule has 0 unspecified atom stereocenters. The minimum Gasteiger partial charge on any atom is -0.309 e. The van der Waals surface area contributed by atoms with Crippen molar-refractivity contribution in [2.75, 3.05) is 0 Å². The van der Waals surface area contributed by atoms with Gasteiger partial charge in [0.2, 0.25) is 0 Å². The van der Waals surface area contributed by atoms with Gasteiger partial charge in [0.15, 0.2) is 0 Å². The summed E-state index contributed by atoms with van der Waals surface area (Å²) in [7, 11) is 0. The number of fused-ring (bicyclic) bond motifs is 6. The number of aryl methyl sites for hydroxylation is 1. The number of hydrogen-bond acceptors (Lipinski definition) is 0. The first-order chi connectivity index (χ1) is 16.3. The van der Waals surface area contributed by atoms with Gasteiger partial charge in [0.1, 0.15) is 0 Å². The highest BCUT2D eigenvalue weighted by Crippen LogP contribution is 2.40. The largest absolute Gasteiger partial charge is 0.309 e. The number of hydrogen-bond donors (Lipinski definition) is 0. The van der Waals surface area contributed by atoms with Crippen molar-refractivity contribution in [2.45, 2.75) is 13.3 Å². The molecule has 1 heteroatoms. The van der Waals surface area contributed by atoms with Crippen LogP contribution in [0.5, 0.6) is 0 Å². The molecule has 7 rings (SSSR count). The molecule has 1 aliphatic carbocycles. The summed E-state index contributed by atoms with van der Waals surface area (Å²) in [6.45, 7) is 2.17. The van der Waals surface area contributed by atoms with Crippen molar-refractivity contribution in [2.24, 2.45) is 0 Å². The molecule has 1 aromatic heterocycles. The molecule has 0 amide bonds. The van der Waals surface area contributed by atoms with Gasteiger partial charge in [-0.2, -0.15) is 0 Å². The van der Waals surface area contributed by atoms with E-state index in [2.05, 4.69) is 121 Å². The fraction of sp³-hybridized carbons (Fsp3) is 0.0625. The highest BCUT2D eigenvalue weighted by Gasteiger charge is 2.19. The Hall–Kier alpha value is -4.10. The highest BCUT2D eigenvalue weighted by molar-refractivity contribution is 6.10. The third-order valence-corrected chi connectivity index (χ3v) is 7.07. The van der Waals surface area contributed by atoms with Crippen molar-refractivity contribution in [3.8, 4) is 27.9 Å². The lowest BCUT2D eigenvalue weighted by atomic mass is 9.97. The zero-order valence-corrected chi connectivity index (χ0v) is 18.5. The number of para-hydroxylation sites is 1. The standard InChI is InChI=1S/C32H23N/c1-21-11-15-31-29(17-21)30-20-23(14-16-32(30)33(31)26-8-3-2-4-9-26)22-12-13-25-18-24-7-5-6-10-27(24)28(25)19-22/h2-17,19-20H,18H2,1H3. The molecule has 0 N–H and O–H groups in total. The first-order valence-corrected chi connectivity index (χ1v) is 11.6. The van der Waals surface area contributed by atoms with Crippen molar-refractivity contribution >= 4 is 21.8 Å². The van der Waals surface area contributed by atoms with Crippen LogP contribution in [0.4, 0.5) is 0 Å². The minimum absolute atomic E-state index is 1.04. The van der Waals surface area contributed by atoms with E-state index in [-0.39, 0.29) is 0 Å². The van der Waals surface area contributed by atoms with Crippen LogP contribution < -0.4 is 0 Å². The van der Waals surface area contributed by atoms with Crippen LogP contribution in [-0.2, 0) is 6.42 Å². The van der Waals surface area contributed by atoms with Gasteiger partial charge in [-0.15, -0.1) is 0 Å². The number of nitrogens with zero attached hydrogens (tertiary/aromatic N) is 1. The van der Waals surface area contributed by atoms with E-state index < -0.39 is 0 Å². The molecule has 0 saturated carbocycles. The fourth-order valence-electron chi connectivity index (χ4n) is 5.48. The van der Waals surface area contributed by atoms with Gasteiger partial charge in [-0.1, -0.05) is 72.3 Å². The third kappa shape index (κ3) is 2.79. The third-order valence-electron chi connectivity index (χ3n) is 7.07. The second-order valence-electron chi connectivity index (χ2n) is 9.13. The number of benzene rings is 5. The Morgan fingerprint density at radius 2 is 1.21 bits per heavy atom. The Balaban J connectivity index is 1.46. The molecule has 0 aliphatic heterocycles. The van der Waals surface area contributed by atoms with Gasteiger partial charge in [0, 0.05) is 16.5 Å². The van der Waals surface area contributed by atoms with Crippen LogP contribution in [0.25, 0.3) is 49.7 Å². The van der Waals surface area contributed by atoms with Crippen LogP contribution in [0.1, 0.15) is 16.7 Å². The summed E-state index contributed by atoms with van der Waals surface area (Å²) in [4.78, 5) is 0. The van der Waals surface area contributed by atoms with Gasteiger partial charge < -0.3 is 4.57 Å². The molecule has 6 aromatic rings. The molecule has 0 spiro atoms. The Kier molecular flexibility index (Phi) is 3.89. The lowest BCUT2D eigenvalue weighted by molar-refractivity contribution is 1.18. The molecule has 0 saturated heterocycles. The summed E-state index contributed by atoms with van der Waals surface area (Å²) in [6.07, 6.45) is 1.04. The maximum Gasteiger partial charge on any atom is 0.0541 e. The quantitative estimate of drug-likeness (QED) is 0.264. The van der Waals surface area contributed by atoms with E-state index in [1.807, 2.05) is 0 Å². The van der Waals surface area contributed by atoms with Gasteiger partial charge in [-0.25, -0.2) is 0 Å². The monoisotopic (exact) mass is 421 g/mol. The minimum atomic E-state index is 1.04. The molecule has 5 aromatic carbocycles. The molecule has 0 fully saturated rings. The second kappa shape index (κ2) is 6.95. The summed E-state index contributed by atoms with van der Waals surface area (Å²) in [6, 6.07) is 40.1. The van der Waals surface area contributed by atoms with Crippen molar-refractivity contribution < 1.29 is 0 Å². The smallest absolute Gasteiger partial charge is 0.0541 e. The predicted molar refractivity (Wildman–Crippen MR) is 139 cm³/mol. The first-order valence-electron chi connectivity index (χ1n) is 11.6. The van der Waals surface area contributed by atoms with Gasteiger partial charge >= 0.3 is 0 Å². The molecule has 0 bridgehead atoms. The number of rotatable bonds is 2. The Bertz CT molecular complexity index is 1690. The van der Waals surface area contributed by atoms with Crippen molar-refractivity contribution in [3.63, 3.8) is 0 Å². The molecule has 1 heterocycles. The van der Waals surface area contributed by atoms with Crippen molar-refractivity contribution in [1.29, 1.82) is 0 Å². The Morgan fingerprint density at radius 1 is 0.545 bits per heavy atom. The molecular weight excluding hydrogens is 398 g/mol. The summed E-state index contributed by atoms with van der Waals surface area (Å²) in [5.74, 6) is 0. The number of aromatic nitrogens is 1. The topological polar surface area (TPSA) is 4.93 Å². The van der Waals surface area contributed by atoms with Crippen LogP contribution in [0.15, 0.2) is 109 Å². The molecule has 0 radical (unpaired) electrons. The van der Waals surface area contributed by atoms with Gasteiger partial charge in [0.25, 0.3) is 0 Å². The molecular formula is C32H23N. The van der Waals surface area contributed by atoms with Gasteiger partial charge in [-0.3, -0.25) is 0 Å². The SMILES string of the molecule is Cc1ccc2c(c1)c1cc(-c3ccc4c(c3)-c3ccccc3C4)ccc1n2-c1ccccc1. The van der Waals surface area contributed by atoms with Gasteiger partial charge in [-0.05, 0) is 89.2 Å². The van der Waals surface area contributed by atoms with Crippen LogP contribution in [0.3, 0.4) is 0 Å². The molecule has 1 nitrogen and oxygen atoms in total. The van der Waals surface area contributed by atoms with Crippen LogP contribution in [0.2, 0.25) is 0 Å².